The molecule has 0 radical (unpaired) electrons. The summed E-state index contributed by atoms with van der Waals surface area (Å²) in [6, 6.07) is 50.5. The normalized spacial score (nSPS) is 12.3. The fraction of sp³-hybridized carbons (Fsp3) is 0. The number of aromatic nitrogens is 3. The first-order valence-electron chi connectivity index (χ1n) is 15.6. The second-order valence-electron chi connectivity index (χ2n) is 12.1. The van der Waals surface area contributed by atoms with Crippen LogP contribution >= 0.6 is 11.3 Å². The van der Waals surface area contributed by atoms with E-state index in [1.807, 2.05) is 11.3 Å². The Morgan fingerprint density at radius 3 is 1.80 bits per heavy atom. The second kappa shape index (κ2) is 8.87. The minimum absolute atomic E-state index is 0.687. The number of hydrogen-bond donors (Lipinski definition) is 0. The molecule has 0 spiro atoms. The van der Waals surface area contributed by atoms with Crippen molar-refractivity contribution in [3.05, 3.63) is 140 Å². The summed E-state index contributed by atoms with van der Waals surface area (Å²) in [5.41, 5.74) is 10.2. The van der Waals surface area contributed by atoms with Crippen LogP contribution in [-0.4, -0.2) is 14.5 Å². The monoisotopic (exact) mass is 601 g/mol. The molecular weight excluding hydrogens is 579 g/mol. The lowest BCUT2D eigenvalue weighted by Gasteiger charge is -2.14. The number of thiophene rings is 1. The Hall–Kier alpha value is -5.84. The summed E-state index contributed by atoms with van der Waals surface area (Å²) in [5, 5.41) is 8.65. The third-order valence-corrected chi connectivity index (χ3v) is 10.9. The van der Waals surface area contributed by atoms with Crippen molar-refractivity contribution in [2.45, 2.75) is 0 Å². The minimum atomic E-state index is 0.687. The summed E-state index contributed by atoms with van der Waals surface area (Å²) in [5.74, 6) is 0.687. The van der Waals surface area contributed by atoms with Gasteiger partial charge in [0.2, 0.25) is 5.95 Å². The molecule has 0 amide bonds. The highest BCUT2D eigenvalue weighted by Gasteiger charge is 2.25. The van der Waals surface area contributed by atoms with Crippen molar-refractivity contribution in [1.29, 1.82) is 0 Å². The van der Waals surface area contributed by atoms with E-state index in [-0.39, 0.29) is 0 Å². The first kappa shape index (κ1) is 24.5. The quantitative estimate of drug-likeness (QED) is 0.197. The Morgan fingerprint density at radius 1 is 0.457 bits per heavy atom. The molecule has 212 valence electrons. The van der Waals surface area contributed by atoms with Crippen LogP contribution < -0.4 is 0 Å². The van der Waals surface area contributed by atoms with Gasteiger partial charge in [0.1, 0.15) is 0 Å². The summed E-state index contributed by atoms with van der Waals surface area (Å²) in [4.78, 5) is 10.8. The van der Waals surface area contributed by atoms with E-state index < -0.39 is 0 Å². The molecule has 10 aromatic rings. The van der Waals surface area contributed by atoms with Gasteiger partial charge in [-0.05, 0) is 63.4 Å². The molecule has 0 saturated heterocycles. The van der Waals surface area contributed by atoms with Crippen LogP contribution in [0.2, 0.25) is 0 Å². The number of hydrogen-bond acceptors (Lipinski definition) is 3. The molecule has 46 heavy (non-hydrogen) atoms. The van der Waals surface area contributed by atoms with Crippen molar-refractivity contribution in [3.8, 4) is 39.5 Å². The van der Waals surface area contributed by atoms with E-state index >= 15 is 0 Å². The Labute approximate surface area is 267 Å². The maximum Gasteiger partial charge on any atom is 0.235 e. The Balaban J connectivity index is 1.30. The molecule has 0 aliphatic heterocycles. The van der Waals surface area contributed by atoms with Gasteiger partial charge < -0.3 is 0 Å². The van der Waals surface area contributed by atoms with Crippen LogP contribution in [0.25, 0.3) is 103 Å². The lowest BCUT2D eigenvalue weighted by Crippen LogP contribution is -2.03. The molecule has 0 atom stereocenters. The summed E-state index contributed by atoms with van der Waals surface area (Å²) < 4.78 is 4.82. The number of fused-ring (bicyclic) bond motifs is 6. The van der Waals surface area contributed by atoms with Crippen LogP contribution in [0.15, 0.2) is 140 Å². The molecule has 0 bridgehead atoms. The second-order valence-corrected chi connectivity index (χ2v) is 13.2. The highest BCUT2D eigenvalue weighted by Crippen LogP contribution is 2.49. The largest absolute Gasteiger partial charge is 0.278 e. The van der Waals surface area contributed by atoms with Gasteiger partial charge in [0.15, 0.2) is 0 Å². The Bertz CT molecular complexity index is 2820. The standard InChI is InChI=1S/C42H23N3S/c1-2-10-25(11-3-1)41-32-23-37-31(26-14-4-5-21-36(26)46-37)22-33(32)43-42(44-41)45-34-19-8-17-29-27-15-6-12-24-13-7-16-28(38(24)27)30-18-9-20-35(45)40(30)39(29)34/h1-23H. The molecular formula is C42H23N3S. The first-order valence-corrected chi connectivity index (χ1v) is 16.4. The SMILES string of the molecule is c1ccc(-c2nc(-n3c4cccc5c4c4c(cccc43)-c3cccc4cccc-5c34)nc3cc4c(cc23)sc2ccccc24)cc1. The Morgan fingerprint density at radius 2 is 1.09 bits per heavy atom. The van der Waals surface area contributed by atoms with Crippen LogP contribution in [0.5, 0.6) is 0 Å². The van der Waals surface area contributed by atoms with Gasteiger partial charge in [-0.15, -0.1) is 11.3 Å². The average molecular weight is 602 g/mol. The molecule has 1 aliphatic rings. The molecule has 0 fully saturated rings. The lowest BCUT2D eigenvalue weighted by molar-refractivity contribution is 1.01. The molecule has 0 unspecified atom stereocenters. The zero-order chi connectivity index (χ0) is 29.9. The number of rotatable bonds is 2. The van der Waals surface area contributed by atoms with Crippen LogP contribution in [0.1, 0.15) is 0 Å². The van der Waals surface area contributed by atoms with E-state index in [9.17, 15) is 0 Å². The van der Waals surface area contributed by atoms with Gasteiger partial charge in [-0.25, -0.2) is 9.97 Å². The van der Waals surface area contributed by atoms with E-state index in [2.05, 4.69) is 144 Å². The number of benzene rings is 7. The summed E-state index contributed by atoms with van der Waals surface area (Å²) in [7, 11) is 0. The van der Waals surface area contributed by atoms with Gasteiger partial charge in [-0.3, -0.25) is 4.57 Å². The maximum absolute atomic E-state index is 5.42. The van der Waals surface area contributed by atoms with Crippen molar-refractivity contribution < 1.29 is 0 Å². The molecule has 3 aromatic heterocycles. The van der Waals surface area contributed by atoms with Gasteiger partial charge in [-0.1, -0.05) is 109 Å². The van der Waals surface area contributed by atoms with E-state index in [4.69, 9.17) is 9.97 Å². The summed E-state index contributed by atoms with van der Waals surface area (Å²) in [6.45, 7) is 0. The van der Waals surface area contributed by atoms with Crippen LogP contribution in [0.3, 0.4) is 0 Å². The predicted octanol–water partition coefficient (Wildman–Crippen LogP) is 11.6. The minimum Gasteiger partial charge on any atom is -0.278 e. The topological polar surface area (TPSA) is 30.7 Å². The molecule has 3 nitrogen and oxygen atoms in total. The van der Waals surface area contributed by atoms with Crippen molar-refractivity contribution in [2.24, 2.45) is 0 Å². The average Bonchev–Trinajstić information content (AvgIpc) is 3.61. The zero-order valence-corrected chi connectivity index (χ0v) is 25.3. The fourth-order valence-electron chi connectivity index (χ4n) is 7.81. The van der Waals surface area contributed by atoms with Crippen molar-refractivity contribution >= 4 is 75.0 Å². The summed E-state index contributed by atoms with van der Waals surface area (Å²) in [6.07, 6.45) is 0. The third-order valence-electron chi connectivity index (χ3n) is 9.73. The molecule has 4 heteroatoms. The van der Waals surface area contributed by atoms with E-state index in [0.717, 1.165) is 33.2 Å². The molecule has 7 aromatic carbocycles. The number of nitrogens with zero attached hydrogens (tertiary/aromatic N) is 3. The van der Waals surface area contributed by atoms with Crippen LogP contribution in [0, 0.1) is 0 Å². The van der Waals surface area contributed by atoms with Gasteiger partial charge >= 0.3 is 0 Å². The molecule has 1 aliphatic carbocycles. The molecule has 0 saturated carbocycles. The maximum atomic E-state index is 5.42. The van der Waals surface area contributed by atoms with Gasteiger partial charge in [0.05, 0.1) is 22.2 Å². The van der Waals surface area contributed by atoms with Crippen molar-refractivity contribution in [2.75, 3.05) is 0 Å². The highest BCUT2D eigenvalue weighted by molar-refractivity contribution is 7.25. The van der Waals surface area contributed by atoms with E-state index in [1.54, 1.807) is 0 Å². The highest BCUT2D eigenvalue weighted by atomic mass is 32.1. The third kappa shape index (κ3) is 3.16. The lowest BCUT2D eigenvalue weighted by atomic mass is 9.93. The van der Waals surface area contributed by atoms with Crippen LogP contribution in [-0.2, 0) is 0 Å². The van der Waals surface area contributed by atoms with E-state index in [0.29, 0.717) is 5.95 Å². The fourth-order valence-corrected chi connectivity index (χ4v) is 8.94. The smallest absolute Gasteiger partial charge is 0.235 e. The van der Waals surface area contributed by atoms with Crippen molar-refractivity contribution in [3.63, 3.8) is 0 Å². The van der Waals surface area contributed by atoms with Gasteiger partial charge in [-0.2, -0.15) is 0 Å². The predicted molar refractivity (Wildman–Crippen MR) is 194 cm³/mol. The molecule has 11 rings (SSSR count). The molecule has 0 N–H and O–H groups in total. The molecule has 3 heterocycles. The van der Waals surface area contributed by atoms with Gasteiger partial charge in [0, 0.05) is 41.9 Å². The van der Waals surface area contributed by atoms with Crippen LogP contribution in [0.4, 0.5) is 0 Å². The van der Waals surface area contributed by atoms with Gasteiger partial charge in [0.25, 0.3) is 0 Å². The summed E-state index contributed by atoms with van der Waals surface area (Å²) >= 11 is 1.83. The van der Waals surface area contributed by atoms with Crippen molar-refractivity contribution in [1.82, 2.24) is 14.5 Å². The van der Waals surface area contributed by atoms with E-state index in [1.165, 1.54) is 64.0 Å². The Kier molecular flexibility index (Phi) is 4.72. The zero-order valence-electron chi connectivity index (χ0n) is 24.5. The first-order chi connectivity index (χ1) is 22.8.